The fourth-order valence-electron chi connectivity index (χ4n) is 3.13. The number of hydrogen-bond donors (Lipinski definition) is 1. The van der Waals surface area contributed by atoms with Gasteiger partial charge in [-0.15, -0.1) is 0 Å². The molecule has 10 heteroatoms. The monoisotopic (exact) mass is 441 g/mol. The first-order valence-electron chi connectivity index (χ1n) is 9.95. The molecule has 31 heavy (non-hydrogen) atoms. The van der Waals surface area contributed by atoms with Crippen LogP contribution >= 0.6 is 0 Å². The summed E-state index contributed by atoms with van der Waals surface area (Å²) in [5, 5.41) is 2.97. The number of alkyl carbamates (subject to hydrolysis) is 1. The average molecular weight is 441 g/mol. The average Bonchev–Trinajstić information content (AvgIpc) is 3.06. The maximum atomic E-state index is 13.8. The summed E-state index contributed by atoms with van der Waals surface area (Å²) in [6, 6.07) is 3.87. The Morgan fingerprint density at radius 2 is 1.65 bits per heavy atom. The van der Waals surface area contributed by atoms with E-state index in [-0.39, 0.29) is 17.6 Å². The number of amides is 1. The summed E-state index contributed by atoms with van der Waals surface area (Å²) in [6.45, 7) is 12.2. The molecule has 0 atom stereocenters. The topological polar surface area (TPSA) is 69.9 Å². The number of fused-ring (bicyclic) bond motifs is 1. The van der Waals surface area contributed by atoms with Crippen LogP contribution in [-0.2, 0) is 26.8 Å². The van der Waals surface area contributed by atoms with Gasteiger partial charge >= 0.3 is 19.4 Å². The van der Waals surface area contributed by atoms with Gasteiger partial charge in [0.15, 0.2) is 0 Å². The molecule has 0 radical (unpaired) electrons. The van der Waals surface area contributed by atoms with Crippen molar-refractivity contribution in [2.24, 2.45) is 0 Å². The van der Waals surface area contributed by atoms with Crippen LogP contribution in [0.3, 0.4) is 0 Å². The predicted octanol–water partition coefficient (Wildman–Crippen LogP) is 4.78. The second-order valence-corrected chi connectivity index (χ2v) is 9.63. The number of carbonyl (C=O) groups is 1. The van der Waals surface area contributed by atoms with Crippen molar-refractivity contribution in [1.29, 1.82) is 0 Å². The summed E-state index contributed by atoms with van der Waals surface area (Å²) >= 11 is 0. The number of alkyl halides is 3. The highest BCUT2D eigenvalue weighted by Crippen LogP contribution is 2.39. The van der Waals surface area contributed by atoms with E-state index >= 15 is 0 Å². The number of carbonyl (C=O) groups excluding carboxylic acids is 1. The van der Waals surface area contributed by atoms with Crippen LogP contribution in [0.4, 0.5) is 18.0 Å². The molecule has 6 nitrogen and oxygen atoms in total. The van der Waals surface area contributed by atoms with Crippen molar-refractivity contribution in [1.82, 2.24) is 5.32 Å². The highest BCUT2D eigenvalue weighted by molar-refractivity contribution is 6.63. The third-order valence-electron chi connectivity index (χ3n) is 5.36. The van der Waals surface area contributed by atoms with Crippen LogP contribution in [0.1, 0.15) is 59.8 Å². The van der Waals surface area contributed by atoms with Gasteiger partial charge in [0, 0.05) is 5.39 Å². The summed E-state index contributed by atoms with van der Waals surface area (Å²) in [5.41, 5.74) is -3.20. The van der Waals surface area contributed by atoms with Crippen LogP contribution in [0.5, 0.6) is 0 Å². The van der Waals surface area contributed by atoms with Crippen LogP contribution in [0.2, 0.25) is 0 Å². The number of benzene rings is 1. The van der Waals surface area contributed by atoms with Gasteiger partial charge in [0.1, 0.15) is 16.9 Å². The first kappa shape index (κ1) is 23.5. The molecule has 1 aliphatic heterocycles. The lowest BCUT2D eigenvalue weighted by Crippen LogP contribution is -2.41. The summed E-state index contributed by atoms with van der Waals surface area (Å²) in [4.78, 5) is 11.8. The normalized spacial score (nSPS) is 18.5. The number of halogens is 3. The fourth-order valence-corrected chi connectivity index (χ4v) is 3.13. The molecule has 170 valence electrons. The summed E-state index contributed by atoms with van der Waals surface area (Å²) in [5.74, 6) is 0.292. The van der Waals surface area contributed by atoms with E-state index in [1.807, 2.05) is 0 Å². The van der Waals surface area contributed by atoms with Gasteiger partial charge in [0.25, 0.3) is 0 Å². The van der Waals surface area contributed by atoms with E-state index in [4.69, 9.17) is 18.5 Å². The van der Waals surface area contributed by atoms with Crippen LogP contribution in [0.25, 0.3) is 11.0 Å². The van der Waals surface area contributed by atoms with Gasteiger partial charge in [-0.2, -0.15) is 13.2 Å². The molecule has 3 rings (SSSR count). The molecular formula is C21H27BF3NO5. The zero-order valence-electron chi connectivity index (χ0n) is 18.7. The van der Waals surface area contributed by atoms with Crippen molar-refractivity contribution in [2.45, 2.75) is 78.0 Å². The minimum absolute atomic E-state index is 0.0310. The van der Waals surface area contributed by atoms with Gasteiger partial charge in [-0.1, -0.05) is 6.07 Å². The van der Waals surface area contributed by atoms with Crippen molar-refractivity contribution in [3.05, 3.63) is 29.5 Å². The molecule has 1 saturated heterocycles. The maximum absolute atomic E-state index is 13.8. The predicted molar refractivity (Wildman–Crippen MR) is 110 cm³/mol. The Bertz CT molecular complexity index is 975. The molecule has 0 unspecified atom stereocenters. The summed E-state index contributed by atoms with van der Waals surface area (Å²) in [7, 11) is -1.18. The number of furan rings is 1. The largest absolute Gasteiger partial charge is 0.495 e. The van der Waals surface area contributed by atoms with Crippen molar-refractivity contribution in [3.63, 3.8) is 0 Å². The van der Waals surface area contributed by atoms with Crippen LogP contribution in [-0.4, -0.2) is 30.0 Å². The quantitative estimate of drug-likeness (QED) is 0.695. The smallest absolute Gasteiger partial charge is 0.459 e. The lowest BCUT2D eigenvalue weighted by atomic mass is 9.75. The zero-order chi connectivity index (χ0) is 23.4. The van der Waals surface area contributed by atoms with Crippen molar-refractivity contribution >= 4 is 29.6 Å². The number of hydrogen-bond acceptors (Lipinski definition) is 5. The molecule has 2 heterocycles. The minimum Gasteiger partial charge on any atom is -0.459 e. The van der Waals surface area contributed by atoms with E-state index in [1.165, 1.54) is 6.07 Å². The lowest BCUT2D eigenvalue weighted by molar-refractivity contribution is -0.136. The van der Waals surface area contributed by atoms with Gasteiger partial charge in [0.05, 0.1) is 23.3 Å². The van der Waals surface area contributed by atoms with Gasteiger partial charge < -0.3 is 23.8 Å². The number of ether oxygens (including phenoxy) is 1. The highest BCUT2D eigenvalue weighted by atomic mass is 19.4. The van der Waals surface area contributed by atoms with Gasteiger partial charge in [-0.3, -0.25) is 0 Å². The van der Waals surface area contributed by atoms with E-state index in [2.05, 4.69) is 5.32 Å². The maximum Gasteiger partial charge on any atom is 0.495 e. The van der Waals surface area contributed by atoms with Crippen molar-refractivity contribution in [3.8, 4) is 0 Å². The van der Waals surface area contributed by atoms with E-state index in [1.54, 1.807) is 54.5 Å². The first-order chi connectivity index (χ1) is 14.0. The molecular weight excluding hydrogens is 414 g/mol. The Labute approximate surface area is 179 Å². The van der Waals surface area contributed by atoms with Crippen molar-refractivity contribution < 1.29 is 36.4 Å². The molecule has 2 aromatic rings. The summed E-state index contributed by atoms with van der Waals surface area (Å²) in [6.07, 6.45) is -5.28. The molecule has 0 aliphatic carbocycles. The van der Waals surface area contributed by atoms with Crippen LogP contribution in [0, 0.1) is 0 Å². The summed E-state index contributed by atoms with van der Waals surface area (Å²) < 4.78 is 63.8. The van der Waals surface area contributed by atoms with Gasteiger partial charge in [-0.05, 0) is 66.1 Å². The standard InChI is InChI=1S/C21H27BF3NO5/c1-18(2,3)29-17(27)26-11-13-8-12-9-15(14(21(23,24)25)10-16(12)28-13)22-30-19(4,5)20(6,7)31-22/h8-10H,11H2,1-7H3,(H,26,27). The van der Waals surface area contributed by atoms with E-state index < -0.39 is 41.8 Å². The molecule has 1 aliphatic rings. The first-order valence-corrected chi connectivity index (χ1v) is 9.95. The zero-order valence-corrected chi connectivity index (χ0v) is 18.7. The van der Waals surface area contributed by atoms with E-state index in [0.717, 1.165) is 6.07 Å². The Kier molecular flexibility index (Phi) is 5.64. The minimum atomic E-state index is -4.63. The number of rotatable bonds is 3. The Balaban J connectivity index is 1.92. The number of nitrogens with one attached hydrogen (secondary N) is 1. The highest BCUT2D eigenvalue weighted by Gasteiger charge is 2.53. The van der Waals surface area contributed by atoms with Crippen LogP contribution < -0.4 is 10.8 Å². The molecule has 0 spiro atoms. The second-order valence-electron chi connectivity index (χ2n) is 9.63. The third-order valence-corrected chi connectivity index (χ3v) is 5.36. The Morgan fingerprint density at radius 1 is 1.06 bits per heavy atom. The Morgan fingerprint density at radius 3 is 2.16 bits per heavy atom. The van der Waals surface area contributed by atoms with E-state index in [0.29, 0.717) is 11.1 Å². The van der Waals surface area contributed by atoms with Crippen molar-refractivity contribution in [2.75, 3.05) is 0 Å². The van der Waals surface area contributed by atoms with E-state index in [9.17, 15) is 18.0 Å². The fraction of sp³-hybridized carbons (Fsp3) is 0.571. The van der Waals surface area contributed by atoms with Gasteiger partial charge in [0.2, 0.25) is 0 Å². The molecule has 1 N–H and O–H groups in total. The molecule has 0 saturated carbocycles. The molecule has 1 amide bonds. The van der Waals surface area contributed by atoms with Crippen LogP contribution in [0.15, 0.2) is 22.6 Å². The Hall–Kier alpha value is -2.20. The SMILES string of the molecule is CC(C)(C)OC(=O)NCc1cc2cc(B3OC(C)(C)C(C)(C)O3)c(C(F)(F)F)cc2o1. The molecule has 1 fully saturated rings. The third kappa shape index (κ3) is 5.01. The lowest BCUT2D eigenvalue weighted by Gasteiger charge is -2.32. The molecule has 1 aromatic heterocycles. The molecule has 0 bridgehead atoms. The molecule has 1 aromatic carbocycles. The second kappa shape index (κ2) is 7.44. The van der Waals surface area contributed by atoms with Gasteiger partial charge in [-0.25, -0.2) is 4.79 Å².